The molecule has 0 saturated heterocycles. The van der Waals surface area contributed by atoms with Crippen molar-refractivity contribution in [2.75, 3.05) is 7.11 Å². The first-order valence-electron chi connectivity index (χ1n) is 6.87. The summed E-state index contributed by atoms with van der Waals surface area (Å²) >= 11 is 0. The zero-order valence-electron chi connectivity index (χ0n) is 11.7. The molecule has 1 saturated carbocycles. The van der Waals surface area contributed by atoms with E-state index >= 15 is 0 Å². The van der Waals surface area contributed by atoms with Gasteiger partial charge in [0.2, 0.25) is 5.82 Å². The highest BCUT2D eigenvalue weighted by atomic mass is 16.5. The number of H-pyrrole nitrogens is 1. The van der Waals surface area contributed by atoms with Gasteiger partial charge in [-0.05, 0) is 25.7 Å². The highest BCUT2D eigenvalue weighted by Gasteiger charge is 2.23. The third-order valence-corrected chi connectivity index (χ3v) is 3.68. The fourth-order valence-electron chi connectivity index (χ4n) is 2.47. The standard InChI is InChI=1S/C12H17N7O2/c1-21-9-4-2-8(3-5-9)15-11(20)10-16-12(18-17-10)19-6-13-14-7-19/h6-9H,2-5H2,1H3,(H,15,20)(H,16,17,18). The van der Waals surface area contributed by atoms with Crippen LogP contribution in [-0.4, -0.2) is 55.1 Å². The van der Waals surface area contributed by atoms with Crippen molar-refractivity contribution in [2.24, 2.45) is 0 Å². The average Bonchev–Trinajstić information content (AvgIpc) is 3.19. The Kier molecular flexibility index (Phi) is 3.91. The summed E-state index contributed by atoms with van der Waals surface area (Å²) in [7, 11) is 1.73. The van der Waals surface area contributed by atoms with E-state index < -0.39 is 0 Å². The molecule has 1 fully saturated rings. The summed E-state index contributed by atoms with van der Waals surface area (Å²) in [5.41, 5.74) is 0. The molecule has 21 heavy (non-hydrogen) atoms. The molecule has 0 spiro atoms. The molecule has 112 valence electrons. The fourth-order valence-corrected chi connectivity index (χ4v) is 2.47. The normalized spacial score (nSPS) is 22.1. The van der Waals surface area contributed by atoms with Gasteiger partial charge in [0.1, 0.15) is 12.7 Å². The Labute approximate surface area is 121 Å². The van der Waals surface area contributed by atoms with E-state index in [2.05, 4.69) is 30.7 Å². The van der Waals surface area contributed by atoms with Crippen LogP contribution in [0.1, 0.15) is 36.3 Å². The van der Waals surface area contributed by atoms with Gasteiger partial charge in [0.25, 0.3) is 11.9 Å². The molecule has 1 amide bonds. The lowest BCUT2D eigenvalue weighted by Crippen LogP contribution is -2.39. The van der Waals surface area contributed by atoms with Gasteiger partial charge in [-0.3, -0.25) is 14.5 Å². The predicted molar refractivity (Wildman–Crippen MR) is 71.8 cm³/mol. The van der Waals surface area contributed by atoms with Crippen LogP contribution in [0, 0.1) is 0 Å². The zero-order chi connectivity index (χ0) is 14.7. The molecule has 2 aromatic heterocycles. The van der Waals surface area contributed by atoms with Gasteiger partial charge in [-0.25, -0.2) is 0 Å². The number of carbonyl (C=O) groups excluding carboxylic acids is 1. The maximum atomic E-state index is 12.1. The molecule has 2 aromatic rings. The average molecular weight is 291 g/mol. The minimum absolute atomic E-state index is 0.160. The van der Waals surface area contributed by atoms with Crippen LogP contribution in [0.3, 0.4) is 0 Å². The summed E-state index contributed by atoms with van der Waals surface area (Å²) in [4.78, 5) is 16.3. The number of hydrogen-bond acceptors (Lipinski definition) is 6. The maximum Gasteiger partial charge on any atom is 0.288 e. The Balaban J connectivity index is 1.59. The smallest absolute Gasteiger partial charge is 0.288 e. The molecule has 0 atom stereocenters. The maximum absolute atomic E-state index is 12.1. The second-order valence-electron chi connectivity index (χ2n) is 5.04. The summed E-state index contributed by atoms with van der Waals surface area (Å²) in [5.74, 6) is 0.281. The molecule has 3 rings (SSSR count). The molecule has 0 radical (unpaired) electrons. The lowest BCUT2D eigenvalue weighted by Gasteiger charge is -2.27. The van der Waals surface area contributed by atoms with Gasteiger partial charge in [-0.2, -0.15) is 4.98 Å². The van der Waals surface area contributed by atoms with Gasteiger partial charge in [-0.15, -0.1) is 15.3 Å². The number of rotatable bonds is 4. The van der Waals surface area contributed by atoms with Crippen molar-refractivity contribution < 1.29 is 9.53 Å². The number of nitrogens with zero attached hydrogens (tertiary/aromatic N) is 5. The van der Waals surface area contributed by atoms with Crippen molar-refractivity contribution in [3.63, 3.8) is 0 Å². The number of carbonyl (C=O) groups is 1. The van der Waals surface area contributed by atoms with E-state index in [1.165, 1.54) is 17.2 Å². The van der Waals surface area contributed by atoms with Crippen LogP contribution < -0.4 is 5.32 Å². The van der Waals surface area contributed by atoms with Crippen LogP contribution >= 0.6 is 0 Å². The third-order valence-electron chi connectivity index (χ3n) is 3.68. The molecule has 9 heteroatoms. The fraction of sp³-hybridized carbons (Fsp3) is 0.583. The Hall–Kier alpha value is -2.29. The van der Waals surface area contributed by atoms with E-state index in [0.29, 0.717) is 12.1 Å². The molecule has 9 nitrogen and oxygen atoms in total. The summed E-state index contributed by atoms with van der Waals surface area (Å²) < 4.78 is 6.84. The monoisotopic (exact) mass is 291 g/mol. The minimum atomic E-state index is -0.248. The Morgan fingerprint density at radius 2 is 2.05 bits per heavy atom. The molecule has 0 unspecified atom stereocenters. The van der Waals surface area contributed by atoms with E-state index in [0.717, 1.165) is 25.7 Å². The molecule has 1 aliphatic rings. The minimum Gasteiger partial charge on any atom is -0.381 e. The first kappa shape index (κ1) is 13.7. The molecular formula is C12H17N7O2. The van der Waals surface area contributed by atoms with Gasteiger partial charge in [-0.1, -0.05) is 0 Å². The van der Waals surface area contributed by atoms with E-state index in [1.807, 2.05) is 0 Å². The number of hydrogen-bond donors (Lipinski definition) is 2. The summed E-state index contributed by atoms with van der Waals surface area (Å²) in [6.07, 6.45) is 7.00. The van der Waals surface area contributed by atoms with Crippen molar-refractivity contribution in [3.05, 3.63) is 18.5 Å². The van der Waals surface area contributed by atoms with Crippen molar-refractivity contribution in [1.29, 1.82) is 0 Å². The Bertz CT molecular complexity index is 587. The van der Waals surface area contributed by atoms with Crippen LogP contribution in [0.5, 0.6) is 0 Å². The molecule has 0 aromatic carbocycles. The van der Waals surface area contributed by atoms with Crippen molar-refractivity contribution >= 4 is 5.91 Å². The van der Waals surface area contributed by atoms with Gasteiger partial charge < -0.3 is 10.1 Å². The van der Waals surface area contributed by atoms with E-state index in [4.69, 9.17) is 4.74 Å². The second-order valence-corrected chi connectivity index (χ2v) is 5.04. The molecule has 0 aliphatic heterocycles. The number of methoxy groups -OCH3 is 1. The lowest BCUT2D eigenvalue weighted by atomic mass is 9.93. The molecular weight excluding hydrogens is 274 g/mol. The van der Waals surface area contributed by atoms with Crippen LogP contribution in [0.25, 0.3) is 5.95 Å². The van der Waals surface area contributed by atoms with Gasteiger partial charge >= 0.3 is 0 Å². The van der Waals surface area contributed by atoms with E-state index in [9.17, 15) is 4.79 Å². The Morgan fingerprint density at radius 1 is 1.33 bits per heavy atom. The first-order valence-corrected chi connectivity index (χ1v) is 6.87. The van der Waals surface area contributed by atoms with Gasteiger partial charge in [0.15, 0.2) is 0 Å². The number of ether oxygens (including phenoxy) is 1. The van der Waals surface area contributed by atoms with Crippen LogP contribution in [0.2, 0.25) is 0 Å². The van der Waals surface area contributed by atoms with Crippen molar-refractivity contribution in [1.82, 2.24) is 35.3 Å². The molecule has 2 N–H and O–H groups in total. The number of amides is 1. The van der Waals surface area contributed by atoms with Gasteiger partial charge in [0.05, 0.1) is 6.10 Å². The summed E-state index contributed by atoms with van der Waals surface area (Å²) in [6, 6.07) is 0.160. The number of aromatic nitrogens is 6. The van der Waals surface area contributed by atoms with Crippen LogP contribution in [0.4, 0.5) is 0 Å². The summed E-state index contributed by atoms with van der Waals surface area (Å²) in [6.45, 7) is 0. The largest absolute Gasteiger partial charge is 0.381 e. The highest BCUT2D eigenvalue weighted by Crippen LogP contribution is 2.20. The SMILES string of the molecule is COC1CCC(NC(=O)c2nc(-n3cnnc3)n[nH]2)CC1. The van der Waals surface area contributed by atoms with Crippen LogP contribution in [0.15, 0.2) is 12.7 Å². The van der Waals surface area contributed by atoms with Crippen molar-refractivity contribution in [2.45, 2.75) is 37.8 Å². The number of aromatic amines is 1. The first-order chi connectivity index (χ1) is 10.3. The molecule has 0 bridgehead atoms. The highest BCUT2D eigenvalue weighted by molar-refractivity contribution is 5.90. The van der Waals surface area contributed by atoms with Crippen LogP contribution in [-0.2, 0) is 4.74 Å². The van der Waals surface area contributed by atoms with E-state index in [-0.39, 0.29) is 17.8 Å². The summed E-state index contributed by atoms with van der Waals surface area (Å²) in [5, 5.41) is 16.9. The molecule has 1 aliphatic carbocycles. The quantitative estimate of drug-likeness (QED) is 0.825. The predicted octanol–water partition coefficient (Wildman–Crippen LogP) is 0.0728. The molecule has 2 heterocycles. The third kappa shape index (κ3) is 3.07. The Morgan fingerprint density at radius 3 is 2.71 bits per heavy atom. The topological polar surface area (TPSA) is 111 Å². The zero-order valence-corrected chi connectivity index (χ0v) is 11.7. The second kappa shape index (κ2) is 6.00. The van der Waals surface area contributed by atoms with E-state index in [1.54, 1.807) is 7.11 Å². The lowest BCUT2D eigenvalue weighted by molar-refractivity contribution is 0.0597. The number of nitrogens with one attached hydrogen (secondary N) is 2. The van der Waals surface area contributed by atoms with Gasteiger partial charge in [0, 0.05) is 13.2 Å². The van der Waals surface area contributed by atoms with Crippen molar-refractivity contribution in [3.8, 4) is 5.95 Å².